The average Bonchev–Trinajstić information content (AvgIpc) is 2.89. The minimum Gasteiger partial charge on any atom is -0.480 e. The van der Waals surface area contributed by atoms with E-state index in [0.29, 0.717) is 0 Å². The molecular weight excluding hydrogens is 264 g/mol. The second-order valence-corrected chi connectivity index (χ2v) is 6.16. The van der Waals surface area contributed by atoms with Crippen LogP contribution in [0.5, 0.6) is 0 Å². The molecule has 2 rings (SSSR count). The van der Waals surface area contributed by atoms with Gasteiger partial charge < -0.3 is 15.3 Å². The van der Waals surface area contributed by atoms with Crippen molar-refractivity contribution in [2.45, 2.75) is 38.1 Å². The highest BCUT2D eigenvalue weighted by molar-refractivity contribution is 5.79. The Hall–Kier alpha value is -1.55. The van der Waals surface area contributed by atoms with E-state index in [4.69, 9.17) is 0 Å². The first-order valence-electron chi connectivity index (χ1n) is 7.69. The molecule has 0 bridgehead atoms. The van der Waals surface area contributed by atoms with Crippen molar-refractivity contribution in [1.29, 1.82) is 0 Å². The van der Waals surface area contributed by atoms with E-state index in [0.717, 1.165) is 32.2 Å². The Labute approximate surface area is 127 Å². The number of aryl methyl sites for hydroxylation is 1. The molecular formula is C17H26N2O2. The summed E-state index contributed by atoms with van der Waals surface area (Å²) in [6.07, 6.45) is 3.62. The van der Waals surface area contributed by atoms with E-state index in [2.05, 4.69) is 48.5 Å². The highest BCUT2D eigenvalue weighted by Crippen LogP contribution is 2.38. The zero-order valence-electron chi connectivity index (χ0n) is 13.2. The third kappa shape index (κ3) is 3.21. The number of carboxylic acid groups (broad SMARTS) is 1. The highest BCUT2D eigenvalue weighted by atomic mass is 16.4. The first-order chi connectivity index (χ1) is 9.99. The van der Waals surface area contributed by atoms with E-state index >= 15 is 0 Å². The summed E-state index contributed by atoms with van der Waals surface area (Å²) < 4.78 is 0. The Balaban J connectivity index is 1.98. The number of nitrogens with one attached hydrogen (secondary N) is 1. The Bertz CT molecular complexity index is 486. The minimum absolute atomic E-state index is 0.202. The molecule has 0 aliphatic heterocycles. The van der Waals surface area contributed by atoms with Crippen LogP contribution in [0.25, 0.3) is 0 Å². The quantitative estimate of drug-likeness (QED) is 0.846. The van der Waals surface area contributed by atoms with Crippen molar-refractivity contribution < 1.29 is 9.90 Å². The lowest BCUT2D eigenvalue weighted by molar-refractivity contribution is -0.146. The third-order valence-electron chi connectivity index (χ3n) is 4.94. The smallest absolute Gasteiger partial charge is 0.324 e. The van der Waals surface area contributed by atoms with Gasteiger partial charge >= 0.3 is 5.97 Å². The molecule has 116 valence electrons. The molecule has 0 spiro atoms. The molecule has 2 unspecified atom stereocenters. The van der Waals surface area contributed by atoms with Gasteiger partial charge in [0.25, 0.3) is 0 Å². The van der Waals surface area contributed by atoms with Crippen LogP contribution >= 0.6 is 0 Å². The van der Waals surface area contributed by atoms with Gasteiger partial charge in [0.1, 0.15) is 5.54 Å². The molecule has 1 aromatic carbocycles. The molecule has 4 heteroatoms. The molecule has 2 atom stereocenters. The molecule has 0 radical (unpaired) electrons. The standard InChI is InChI=1S/C17H26N2O2/c1-13-6-8-15(9-7-13)19(3)12-10-14-5-4-11-17(14,18-2)16(20)21/h6-9,14,18H,4-5,10-12H2,1-3H3,(H,20,21). The maximum absolute atomic E-state index is 11.6. The lowest BCUT2D eigenvalue weighted by atomic mass is 9.84. The summed E-state index contributed by atoms with van der Waals surface area (Å²) in [7, 11) is 3.84. The van der Waals surface area contributed by atoms with Crippen LogP contribution in [-0.4, -0.2) is 37.3 Å². The number of hydrogen-bond donors (Lipinski definition) is 2. The van der Waals surface area contributed by atoms with Crippen molar-refractivity contribution >= 4 is 11.7 Å². The molecule has 1 aliphatic carbocycles. The van der Waals surface area contributed by atoms with Gasteiger partial charge in [0, 0.05) is 19.3 Å². The first-order valence-corrected chi connectivity index (χ1v) is 7.69. The molecule has 4 nitrogen and oxygen atoms in total. The average molecular weight is 290 g/mol. The number of benzene rings is 1. The summed E-state index contributed by atoms with van der Waals surface area (Å²) >= 11 is 0. The first kappa shape index (κ1) is 15.8. The third-order valence-corrected chi connectivity index (χ3v) is 4.94. The van der Waals surface area contributed by atoms with Crippen LogP contribution in [0.15, 0.2) is 24.3 Å². The van der Waals surface area contributed by atoms with E-state index < -0.39 is 11.5 Å². The summed E-state index contributed by atoms with van der Waals surface area (Å²) in [6, 6.07) is 8.45. The fourth-order valence-corrected chi connectivity index (χ4v) is 3.46. The summed E-state index contributed by atoms with van der Waals surface area (Å²) in [4.78, 5) is 13.8. The van der Waals surface area contributed by atoms with Crippen LogP contribution in [0, 0.1) is 12.8 Å². The number of aliphatic carboxylic acids is 1. The van der Waals surface area contributed by atoms with Crippen LogP contribution in [0.4, 0.5) is 5.69 Å². The lowest BCUT2D eigenvalue weighted by Crippen LogP contribution is -2.53. The molecule has 0 saturated heterocycles. The molecule has 0 amide bonds. The molecule has 0 heterocycles. The highest BCUT2D eigenvalue weighted by Gasteiger charge is 2.47. The van der Waals surface area contributed by atoms with E-state index in [-0.39, 0.29) is 5.92 Å². The Morgan fingerprint density at radius 2 is 2.10 bits per heavy atom. The molecule has 0 aromatic heterocycles. The van der Waals surface area contributed by atoms with E-state index in [9.17, 15) is 9.90 Å². The van der Waals surface area contributed by atoms with Crippen LogP contribution in [0.2, 0.25) is 0 Å². The zero-order chi connectivity index (χ0) is 15.5. The van der Waals surface area contributed by atoms with Gasteiger partial charge in [0.2, 0.25) is 0 Å². The van der Waals surface area contributed by atoms with Gasteiger partial charge in [0.05, 0.1) is 0 Å². The Kier molecular flexibility index (Phi) is 4.88. The van der Waals surface area contributed by atoms with Gasteiger partial charge in [-0.15, -0.1) is 0 Å². The predicted octanol–water partition coefficient (Wildman–Crippen LogP) is 2.66. The van der Waals surface area contributed by atoms with Crippen LogP contribution in [0.1, 0.15) is 31.2 Å². The molecule has 1 fully saturated rings. The molecule has 1 aliphatic rings. The fraction of sp³-hybridized carbons (Fsp3) is 0.588. The second-order valence-electron chi connectivity index (χ2n) is 6.16. The van der Waals surface area contributed by atoms with Gasteiger partial charge in [-0.05, 0) is 51.3 Å². The van der Waals surface area contributed by atoms with Crippen LogP contribution in [-0.2, 0) is 4.79 Å². The van der Waals surface area contributed by atoms with Crippen molar-refractivity contribution in [1.82, 2.24) is 5.32 Å². The van der Waals surface area contributed by atoms with Crippen molar-refractivity contribution in [2.75, 3.05) is 25.5 Å². The summed E-state index contributed by atoms with van der Waals surface area (Å²) in [5, 5.41) is 12.7. The number of anilines is 1. The number of rotatable bonds is 6. The fourth-order valence-electron chi connectivity index (χ4n) is 3.46. The minimum atomic E-state index is -0.728. The zero-order valence-corrected chi connectivity index (χ0v) is 13.2. The molecule has 1 aromatic rings. The predicted molar refractivity (Wildman–Crippen MR) is 85.8 cm³/mol. The number of likely N-dealkylation sites (N-methyl/N-ethyl adjacent to an activating group) is 1. The van der Waals surface area contributed by atoms with Gasteiger partial charge in [-0.2, -0.15) is 0 Å². The van der Waals surface area contributed by atoms with Crippen molar-refractivity contribution in [3.63, 3.8) is 0 Å². The van der Waals surface area contributed by atoms with E-state index in [1.807, 2.05) is 0 Å². The normalized spacial score (nSPS) is 25.0. The van der Waals surface area contributed by atoms with Gasteiger partial charge in [-0.1, -0.05) is 24.1 Å². The summed E-state index contributed by atoms with van der Waals surface area (Å²) in [6.45, 7) is 2.96. The maximum atomic E-state index is 11.6. The van der Waals surface area contributed by atoms with Gasteiger partial charge in [0.15, 0.2) is 0 Å². The summed E-state index contributed by atoms with van der Waals surface area (Å²) in [5.74, 6) is -0.501. The van der Waals surface area contributed by atoms with E-state index in [1.54, 1.807) is 7.05 Å². The SMILES string of the molecule is CNC1(C(=O)O)CCCC1CCN(C)c1ccc(C)cc1. The number of hydrogen-bond acceptors (Lipinski definition) is 3. The number of carbonyl (C=O) groups is 1. The number of nitrogens with zero attached hydrogens (tertiary/aromatic N) is 1. The monoisotopic (exact) mass is 290 g/mol. The van der Waals surface area contributed by atoms with E-state index in [1.165, 1.54) is 11.3 Å². The summed E-state index contributed by atoms with van der Waals surface area (Å²) in [5.41, 5.74) is 1.71. The maximum Gasteiger partial charge on any atom is 0.324 e. The van der Waals surface area contributed by atoms with Crippen LogP contribution < -0.4 is 10.2 Å². The second kappa shape index (κ2) is 6.48. The molecule has 21 heavy (non-hydrogen) atoms. The van der Waals surface area contributed by atoms with Crippen molar-refractivity contribution in [3.05, 3.63) is 29.8 Å². The van der Waals surface area contributed by atoms with Gasteiger partial charge in [-0.3, -0.25) is 4.79 Å². The number of carboxylic acids is 1. The van der Waals surface area contributed by atoms with Crippen molar-refractivity contribution in [2.24, 2.45) is 5.92 Å². The topological polar surface area (TPSA) is 52.6 Å². The lowest BCUT2D eigenvalue weighted by Gasteiger charge is -2.32. The Morgan fingerprint density at radius 3 is 2.67 bits per heavy atom. The molecule has 1 saturated carbocycles. The molecule has 2 N–H and O–H groups in total. The largest absolute Gasteiger partial charge is 0.480 e. The van der Waals surface area contributed by atoms with Crippen molar-refractivity contribution in [3.8, 4) is 0 Å². The Morgan fingerprint density at radius 1 is 1.43 bits per heavy atom. The van der Waals surface area contributed by atoms with Gasteiger partial charge in [-0.25, -0.2) is 0 Å². The van der Waals surface area contributed by atoms with Crippen LogP contribution in [0.3, 0.4) is 0 Å².